The van der Waals surface area contributed by atoms with Gasteiger partial charge in [0, 0.05) is 0 Å². The number of fused-ring (bicyclic) bond motifs is 1. The van der Waals surface area contributed by atoms with E-state index in [1.54, 1.807) is 48.5 Å². The van der Waals surface area contributed by atoms with Crippen LogP contribution in [0.4, 0.5) is 5.69 Å². The maximum atomic E-state index is 13.3. The van der Waals surface area contributed by atoms with E-state index in [1.165, 1.54) is 18.0 Å². The predicted octanol–water partition coefficient (Wildman–Crippen LogP) is 2.17. The summed E-state index contributed by atoms with van der Waals surface area (Å²) in [7, 11) is 1.43. The van der Waals surface area contributed by atoms with E-state index in [-0.39, 0.29) is 11.2 Å². The summed E-state index contributed by atoms with van der Waals surface area (Å²) in [5, 5.41) is 0. The average Bonchev–Trinajstić information content (AvgIpc) is 3.19. The molecule has 0 radical (unpaired) electrons. The quantitative estimate of drug-likeness (QED) is 0.290. The third-order valence-corrected chi connectivity index (χ3v) is 6.00. The van der Waals surface area contributed by atoms with Crippen LogP contribution >= 0.6 is 20.9 Å². The summed E-state index contributed by atoms with van der Waals surface area (Å²) in [6.45, 7) is 0. The first-order valence-corrected chi connectivity index (χ1v) is 11.1. The van der Waals surface area contributed by atoms with E-state index in [2.05, 4.69) is 13.5 Å². The second-order valence-corrected chi connectivity index (χ2v) is 8.46. The molecule has 9 nitrogen and oxygen atoms in total. The van der Waals surface area contributed by atoms with Gasteiger partial charge in [0.05, 0.1) is 0 Å². The molecule has 0 aliphatic heterocycles. The number of hydrogen-bond acceptors (Lipinski definition) is 6. The Morgan fingerprint density at radius 1 is 1.07 bits per heavy atom. The van der Waals surface area contributed by atoms with Gasteiger partial charge in [-0.3, -0.25) is 0 Å². The summed E-state index contributed by atoms with van der Waals surface area (Å²) >= 11 is -2.73. The standard InChI is InChI=1S/C18H16IN5O4/c1-28-19(27)22-12-6-5-9-14(10-12)23-16-15(20-11-21-16)17(25)24(18(23)26)13-7-3-2-4-8-13/h2-11,22,27H,1H3,(H,20,21). The molecule has 2 aromatic carbocycles. The van der Waals surface area contributed by atoms with E-state index < -0.39 is 32.2 Å². The molecule has 0 amide bonds. The number of H-pyrrole nitrogens is 1. The molecule has 28 heavy (non-hydrogen) atoms. The van der Waals surface area contributed by atoms with Crippen molar-refractivity contribution in [2.45, 2.75) is 0 Å². The first-order valence-electron chi connectivity index (χ1n) is 8.17. The van der Waals surface area contributed by atoms with Gasteiger partial charge in [0.15, 0.2) is 0 Å². The van der Waals surface area contributed by atoms with Crippen LogP contribution in [0.1, 0.15) is 0 Å². The summed E-state index contributed by atoms with van der Waals surface area (Å²) in [6.07, 6.45) is 1.38. The van der Waals surface area contributed by atoms with Crippen LogP contribution in [0.2, 0.25) is 0 Å². The Morgan fingerprint density at radius 2 is 1.82 bits per heavy atom. The second kappa shape index (κ2) is 7.58. The number of nitrogens with zero attached hydrogens (tertiary/aromatic N) is 3. The predicted molar refractivity (Wildman–Crippen MR) is 114 cm³/mol. The number of aromatic nitrogens is 4. The van der Waals surface area contributed by atoms with Gasteiger partial charge in [-0.25, -0.2) is 0 Å². The Morgan fingerprint density at radius 3 is 2.57 bits per heavy atom. The Kier molecular flexibility index (Phi) is 4.98. The number of nitrogens with one attached hydrogen (secondary N) is 2. The van der Waals surface area contributed by atoms with Crippen molar-refractivity contribution < 1.29 is 6.50 Å². The molecule has 0 spiro atoms. The molecule has 0 aliphatic carbocycles. The molecular weight excluding hydrogens is 477 g/mol. The molecular formula is C18H16IN5O4. The third kappa shape index (κ3) is 3.21. The number of halogens is 1. The van der Waals surface area contributed by atoms with Gasteiger partial charge in [-0.05, 0) is 0 Å². The first kappa shape index (κ1) is 18.4. The summed E-state index contributed by atoms with van der Waals surface area (Å²) in [4.78, 5) is 33.1. The Labute approximate surface area is 167 Å². The van der Waals surface area contributed by atoms with Crippen LogP contribution in [-0.4, -0.2) is 29.6 Å². The normalized spacial score (nSPS) is 11.6. The SMILES string of the molecule is COI(O)Nc1cccc(-n2c(=O)n(-c3ccccc3)c(=O)c3[nH]cnc32)c1. The second-order valence-electron chi connectivity index (χ2n) is 5.73. The van der Waals surface area contributed by atoms with E-state index in [0.717, 1.165) is 4.57 Å². The summed E-state index contributed by atoms with van der Waals surface area (Å²) in [5.74, 6) is 0. The summed E-state index contributed by atoms with van der Waals surface area (Å²) in [6, 6.07) is 15.6. The monoisotopic (exact) mass is 493 g/mol. The molecule has 144 valence electrons. The molecule has 2 aromatic heterocycles. The molecule has 2 heterocycles. The van der Waals surface area contributed by atoms with E-state index in [9.17, 15) is 13.0 Å². The molecule has 0 fully saturated rings. The van der Waals surface area contributed by atoms with Gasteiger partial charge in [-0.15, -0.1) is 0 Å². The minimum atomic E-state index is -2.73. The number of aromatic amines is 1. The molecule has 4 rings (SSSR count). The van der Waals surface area contributed by atoms with Crippen LogP contribution in [0.3, 0.4) is 0 Å². The van der Waals surface area contributed by atoms with Crippen molar-refractivity contribution >= 4 is 37.8 Å². The third-order valence-electron chi connectivity index (χ3n) is 4.09. The minimum absolute atomic E-state index is 0.217. The van der Waals surface area contributed by atoms with Crippen molar-refractivity contribution in [3.63, 3.8) is 0 Å². The number of rotatable bonds is 5. The first-order chi connectivity index (χ1) is 13.6. The molecule has 3 N–H and O–H groups in total. The van der Waals surface area contributed by atoms with Gasteiger partial charge in [0.2, 0.25) is 0 Å². The van der Waals surface area contributed by atoms with Crippen LogP contribution in [0, 0.1) is 0 Å². The topological polar surface area (TPSA) is 114 Å². The van der Waals surface area contributed by atoms with Crippen molar-refractivity contribution in [2.24, 2.45) is 0 Å². The Bertz CT molecular complexity index is 1250. The fraction of sp³-hybridized carbons (Fsp3) is 0.0556. The maximum absolute atomic E-state index is 13.3. The molecule has 0 bridgehead atoms. The van der Waals surface area contributed by atoms with Gasteiger partial charge in [0.1, 0.15) is 0 Å². The molecule has 0 saturated carbocycles. The van der Waals surface area contributed by atoms with Crippen molar-refractivity contribution in [2.75, 3.05) is 10.6 Å². The summed E-state index contributed by atoms with van der Waals surface area (Å²) < 4.78 is 20.1. The van der Waals surface area contributed by atoms with Crippen LogP contribution in [0.25, 0.3) is 22.5 Å². The number of imidazole rings is 1. The molecule has 10 heteroatoms. The van der Waals surface area contributed by atoms with Gasteiger partial charge in [-0.2, -0.15) is 0 Å². The van der Waals surface area contributed by atoms with E-state index in [4.69, 9.17) is 3.07 Å². The number of anilines is 1. The van der Waals surface area contributed by atoms with Crippen molar-refractivity contribution in [3.05, 3.63) is 81.8 Å². The zero-order valence-corrected chi connectivity index (χ0v) is 16.8. The molecule has 0 atom stereocenters. The van der Waals surface area contributed by atoms with Gasteiger partial charge in [-0.1, -0.05) is 0 Å². The van der Waals surface area contributed by atoms with Gasteiger partial charge < -0.3 is 0 Å². The van der Waals surface area contributed by atoms with Crippen molar-refractivity contribution in [3.8, 4) is 11.4 Å². The molecule has 0 aliphatic rings. The molecule has 0 unspecified atom stereocenters. The Balaban J connectivity index is 1.98. The zero-order chi connectivity index (χ0) is 19.7. The number of hydrogen-bond donors (Lipinski definition) is 3. The zero-order valence-electron chi connectivity index (χ0n) is 14.7. The van der Waals surface area contributed by atoms with E-state index in [1.807, 2.05) is 6.07 Å². The van der Waals surface area contributed by atoms with E-state index in [0.29, 0.717) is 17.1 Å². The molecule has 0 saturated heterocycles. The van der Waals surface area contributed by atoms with Gasteiger partial charge >= 0.3 is 167 Å². The molecule has 4 aromatic rings. The van der Waals surface area contributed by atoms with Gasteiger partial charge in [0.25, 0.3) is 0 Å². The van der Waals surface area contributed by atoms with Crippen LogP contribution in [-0.2, 0) is 3.07 Å². The van der Waals surface area contributed by atoms with Crippen molar-refractivity contribution in [1.29, 1.82) is 0 Å². The van der Waals surface area contributed by atoms with Crippen LogP contribution < -0.4 is 14.8 Å². The van der Waals surface area contributed by atoms with Crippen LogP contribution in [0.5, 0.6) is 0 Å². The Hall–Kier alpha value is -2.96. The summed E-state index contributed by atoms with van der Waals surface area (Å²) in [5.41, 5.74) is 0.980. The van der Waals surface area contributed by atoms with Crippen LogP contribution in [0.15, 0.2) is 70.5 Å². The fourth-order valence-electron chi connectivity index (χ4n) is 2.88. The average molecular weight is 493 g/mol. The fourth-order valence-corrected chi connectivity index (χ4v) is 3.96. The number of para-hydroxylation sites is 1. The van der Waals surface area contributed by atoms with E-state index >= 15 is 0 Å². The number of benzene rings is 2. The van der Waals surface area contributed by atoms with Crippen molar-refractivity contribution in [1.82, 2.24) is 19.1 Å².